The maximum absolute atomic E-state index is 5.92. The molecule has 0 aliphatic rings. The first-order valence-corrected chi connectivity index (χ1v) is 13.4. The third kappa shape index (κ3) is 12.6. The number of halogens is 2. The van der Waals surface area contributed by atoms with Gasteiger partial charge in [-0.3, -0.25) is 0 Å². The number of quaternary nitrogens is 1. The standard InChI is InChI=1S/C27H45IN.ClH/c1-4-7-9-11-13-18-23-29(22-6-3,24-19-14-12-10-8-5-2)27(28)25-26-20-16-15-17-21-26;/h3,15-17,20-21,27H,4-5,7-14,18-19,22-25H2,1-2H3;1H/q+1;/p-1. The van der Waals surface area contributed by atoms with E-state index < -0.39 is 0 Å². The first-order valence-electron chi connectivity index (χ1n) is 12.2. The van der Waals surface area contributed by atoms with Crippen LogP contribution < -0.4 is 12.4 Å². The van der Waals surface area contributed by atoms with Crippen LogP contribution in [0.5, 0.6) is 0 Å². The van der Waals surface area contributed by atoms with Gasteiger partial charge >= 0.3 is 0 Å². The summed E-state index contributed by atoms with van der Waals surface area (Å²) in [6.07, 6.45) is 23.3. The summed E-state index contributed by atoms with van der Waals surface area (Å²) >= 11 is 2.71. The number of benzene rings is 1. The molecular weight excluding hydrogens is 501 g/mol. The van der Waals surface area contributed by atoms with Crippen LogP contribution >= 0.6 is 22.6 Å². The molecule has 1 unspecified atom stereocenters. The van der Waals surface area contributed by atoms with Crippen LogP contribution in [-0.2, 0) is 6.42 Å². The number of hydrogen-bond donors (Lipinski definition) is 0. The molecule has 1 atom stereocenters. The number of rotatable bonds is 18. The molecule has 172 valence electrons. The number of alkyl halides is 1. The molecule has 0 amide bonds. The third-order valence-electron chi connectivity index (χ3n) is 6.16. The average molecular weight is 546 g/mol. The minimum absolute atomic E-state index is 0. The minimum Gasteiger partial charge on any atom is -1.00 e. The van der Waals surface area contributed by atoms with Crippen LogP contribution in [0.4, 0.5) is 0 Å². The van der Waals surface area contributed by atoms with E-state index in [0.29, 0.717) is 4.05 Å². The van der Waals surface area contributed by atoms with Crippen molar-refractivity contribution in [1.29, 1.82) is 0 Å². The Balaban J connectivity index is 0.00000841. The highest BCUT2D eigenvalue weighted by Crippen LogP contribution is 2.27. The van der Waals surface area contributed by atoms with Crippen molar-refractivity contribution in [3.8, 4) is 12.3 Å². The maximum Gasteiger partial charge on any atom is 0.144 e. The predicted octanol–water partition coefficient (Wildman–Crippen LogP) is 5.17. The third-order valence-corrected chi connectivity index (χ3v) is 7.78. The lowest BCUT2D eigenvalue weighted by atomic mass is 10.1. The monoisotopic (exact) mass is 545 g/mol. The zero-order valence-electron chi connectivity index (χ0n) is 19.6. The Morgan fingerprint density at radius 3 is 1.73 bits per heavy atom. The quantitative estimate of drug-likeness (QED) is 0.0597. The lowest BCUT2D eigenvalue weighted by Crippen LogP contribution is -3.00. The van der Waals surface area contributed by atoms with Crippen LogP contribution in [0.2, 0.25) is 0 Å². The summed E-state index contributed by atoms with van der Waals surface area (Å²) in [6, 6.07) is 11.0. The van der Waals surface area contributed by atoms with Gasteiger partial charge in [-0.05, 0) is 59.8 Å². The van der Waals surface area contributed by atoms with Gasteiger partial charge in [0, 0.05) is 6.42 Å². The van der Waals surface area contributed by atoms with Gasteiger partial charge in [0.05, 0.1) is 13.1 Å². The van der Waals surface area contributed by atoms with Gasteiger partial charge < -0.3 is 16.9 Å². The highest BCUT2D eigenvalue weighted by Gasteiger charge is 2.33. The summed E-state index contributed by atoms with van der Waals surface area (Å²) in [5.74, 6) is 3.07. The normalized spacial score (nSPS) is 12.2. The van der Waals surface area contributed by atoms with E-state index in [2.05, 4.69) is 72.7 Å². The topological polar surface area (TPSA) is 0 Å². The van der Waals surface area contributed by atoms with Gasteiger partial charge in [0.2, 0.25) is 0 Å². The van der Waals surface area contributed by atoms with Gasteiger partial charge in [-0.15, -0.1) is 6.42 Å². The molecule has 0 heterocycles. The molecule has 0 saturated carbocycles. The largest absolute Gasteiger partial charge is 1.00 e. The molecule has 0 radical (unpaired) electrons. The summed E-state index contributed by atoms with van der Waals surface area (Å²) < 4.78 is 1.66. The molecule has 0 aliphatic heterocycles. The summed E-state index contributed by atoms with van der Waals surface area (Å²) in [6.45, 7) is 7.95. The van der Waals surface area contributed by atoms with Crippen molar-refractivity contribution < 1.29 is 16.9 Å². The Bertz CT molecular complexity index is 524. The summed E-state index contributed by atoms with van der Waals surface area (Å²) in [5, 5.41) is 0. The number of nitrogens with zero attached hydrogens (tertiary/aromatic N) is 1. The van der Waals surface area contributed by atoms with E-state index in [4.69, 9.17) is 6.42 Å². The first-order chi connectivity index (χ1) is 14.2. The molecule has 30 heavy (non-hydrogen) atoms. The minimum atomic E-state index is 0. The Hall–Kier alpha value is -0.240. The lowest BCUT2D eigenvalue weighted by Gasteiger charge is -2.42. The molecular formula is C27H45ClIN. The molecule has 0 aromatic heterocycles. The molecule has 1 nitrogen and oxygen atoms in total. The molecule has 3 heteroatoms. The van der Waals surface area contributed by atoms with E-state index in [9.17, 15) is 0 Å². The molecule has 0 bridgehead atoms. The summed E-state index contributed by atoms with van der Waals surface area (Å²) in [7, 11) is 0. The first kappa shape index (κ1) is 29.8. The molecule has 0 spiro atoms. The average Bonchev–Trinajstić information content (AvgIpc) is 2.73. The smallest absolute Gasteiger partial charge is 0.144 e. The van der Waals surface area contributed by atoms with E-state index in [1.165, 1.54) is 95.7 Å². The summed E-state index contributed by atoms with van der Waals surface area (Å²) in [4.78, 5) is 0. The number of hydrogen-bond acceptors (Lipinski definition) is 0. The molecule has 1 aromatic carbocycles. The van der Waals surface area contributed by atoms with E-state index in [1.54, 1.807) is 0 Å². The lowest BCUT2D eigenvalue weighted by molar-refractivity contribution is -0.927. The highest BCUT2D eigenvalue weighted by atomic mass is 127. The Morgan fingerprint density at radius 1 is 0.800 bits per heavy atom. The molecule has 0 N–H and O–H groups in total. The van der Waals surface area contributed by atoms with Gasteiger partial charge in [-0.25, -0.2) is 0 Å². The highest BCUT2D eigenvalue weighted by molar-refractivity contribution is 14.1. The zero-order valence-corrected chi connectivity index (χ0v) is 22.5. The second-order valence-corrected chi connectivity index (χ2v) is 10.1. The van der Waals surface area contributed by atoms with Crippen molar-refractivity contribution in [2.24, 2.45) is 0 Å². The van der Waals surface area contributed by atoms with Gasteiger partial charge in [0.1, 0.15) is 10.6 Å². The SMILES string of the molecule is C#CC[N+](CCCCCCCC)(CCCCCCCC)C(I)Cc1ccccc1.[Cl-]. The van der Waals surface area contributed by atoms with Gasteiger partial charge in [-0.2, -0.15) is 0 Å². The van der Waals surface area contributed by atoms with Crippen molar-refractivity contribution in [2.45, 2.75) is 101 Å². The van der Waals surface area contributed by atoms with Crippen LogP contribution in [0, 0.1) is 12.3 Å². The fraction of sp³-hybridized carbons (Fsp3) is 0.704. The molecule has 0 fully saturated rings. The Morgan fingerprint density at radius 2 is 1.27 bits per heavy atom. The van der Waals surface area contributed by atoms with Crippen molar-refractivity contribution >= 4 is 22.6 Å². The number of terminal acetylenes is 1. The fourth-order valence-corrected chi connectivity index (χ4v) is 5.51. The predicted molar refractivity (Wildman–Crippen MR) is 138 cm³/mol. The molecule has 1 aromatic rings. The Kier molecular flexibility index (Phi) is 19.3. The second-order valence-electron chi connectivity index (χ2n) is 8.69. The van der Waals surface area contributed by atoms with Crippen molar-refractivity contribution in [3.63, 3.8) is 0 Å². The molecule has 0 aliphatic carbocycles. The van der Waals surface area contributed by atoms with E-state index in [1.807, 2.05) is 0 Å². The fourth-order valence-electron chi connectivity index (χ4n) is 4.25. The van der Waals surface area contributed by atoms with E-state index in [-0.39, 0.29) is 12.4 Å². The van der Waals surface area contributed by atoms with Crippen molar-refractivity contribution in [1.82, 2.24) is 0 Å². The van der Waals surface area contributed by atoms with E-state index in [0.717, 1.165) is 17.4 Å². The zero-order chi connectivity index (χ0) is 21.2. The van der Waals surface area contributed by atoms with Gasteiger partial charge in [0.25, 0.3) is 0 Å². The van der Waals surface area contributed by atoms with Crippen molar-refractivity contribution in [2.75, 3.05) is 19.6 Å². The Labute approximate surface area is 207 Å². The van der Waals surface area contributed by atoms with Gasteiger partial charge in [0.15, 0.2) is 0 Å². The van der Waals surface area contributed by atoms with Crippen molar-refractivity contribution in [3.05, 3.63) is 35.9 Å². The maximum atomic E-state index is 5.92. The van der Waals surface area contributed by atoms with Crippen LogP contribution in [0.3, 0.4) is 0 Å². The van der Waals surface area contributed by atoms with Crippen LogP contribution in [0.25, 0.3) is 0 Å². The van der Waals surface area contributed by atoms with Crippen LogP contribution in [0.15, 0.2) is 30.3 Å². The molecule has 1 rings (SSSR count). The number of unbranched alkanes of at least 4 members (excludes halogenated alkanes) is 10. The second kappa shape index (κ2) is 19.4. The summed E-state index contributed by atoms with van der Waals surface area (Å²) in [5.41, 5.74) is 1.44. The van der Waals surface area contributed by atoms with Crippen LogP contribution in [-0.4, -0.2) is 28.2 Å². The van der Waals surface area contributed by atoms with Crippen LogP contribution in [0.1, 0.15) is 96.5 Å². The van der Waals surface area contributed by atoms with Gasteiger partial charge in [-0.1, -0.05) is 95.5 Å². The molecule has 0 saturated heterocycles. The van der Waals surface area contributed by atoms with E-state index >= 15 is 0 Å².